The van der Waals surface area contributed by atoms with Gasteiger partial charge in [-0.25, -0.2) is 47.2 Å². The first-order valence-electron chi connectivity index (χ1n) is 14.7. The molecular formula is C35H28Cl2F4N6O2. The van der Waals surface area contributed by atoms with Crippen LogP contribution in [0, 0.1) is 37.1 Å². The van der Waals surface area contributed by atoms with Gasteiger partial charge in [0.25, 0.3) is 0 Å². The molecule has 6 aromatic rings. The van der Waals surface area contributed by atoms with Crippen LogP contribution in [0.1, 0.15) is 31.9 Å². The van der Waals surface area contributed by atoms with Crippen LogP contribution in [0.5, 0.6) is 0 Å². The smallest absolute Gasteiger partial charge is 0.421 e. The number of benzene rings is 2. The van der Waals surface area contributed by atoms with Gasteiger partial charge in [-0.3, -0.25) is 0 Å². The van der Waals surface area contributed by atoms with Crippen LogP contribution in [0.4, 0.5) is 45.6 Å². The van der Waals surface area contributed by atoms with E-state index in [1.54, 1.807) is 71.1 Å². The lowest BCUT2D eigenvalue weighted by molar-refractivity contribution is 0.0597. The highest BCUT2D eigenvalue weighted by atomic mass is 35.5. The molecule has 0 aliphatic carbocycles. The molecule has 4 aromatic heterocycles. The van der Waals surface area contributed by atoms with E-state index in [4.69, 9.17) is 27.9 Å². The largest absolute Gasteiger partial charge is 0.443 e. The molecule has 0 bridgehead atoms. The van der Waals surface area contributed by atoms with E-state index in [9.17, 15) is 22.4 Å². The Morgan fingerprint density at radius 2 is 1.33 bits per heavy atom. The molecule has 2 aromatic carbocycles. The first-order chi connectivity index (χ1) is 23.1. The summed E-state index contributed by atoms with van der Waals surface area (Å²) in [6, 6.07) is 14.1. The fourth-order valence-electron chi connectivity index (χ4n) is 4.69. The van der Waals surface area contributed by atoms with Gasteiger partial charge < -0.3 is 10.1 Å². The number of ether oxygens (including phenoxy) is 1. The summed E-state index contributed by atoms with van der Waals surface area (Å²) in [7, 11) is 0. The van der Waals surface area contributed by atoms with E-state index in [2.05, 4.69) is 25.3 Å². The molecule has 8 nitrogen and oxygen atoms in total. The summed E-state index contributed by atoms with van der Waals surface area (Å²) >= 11 is 12.5. The van der Waals surface area contributed by atoms with Crippen molar-refractivity contribution in [1.29, 1.82) is 0 Å². The minimum Gasteiger partial charge on any atom is -0.443 e. The Balaban J connectivity index is 0.000000199. The quantitative estimate of drug-likeness (QED) is 0.182. The van der Waals surface area contributed by atoms with Crippen molar-refractivity contribution in [2.24, 2.45) is 0 Å². The van der Waals surface area contributed by atoms with Crippen LogP contribution in [-0.4, -0.2) is 31.6 Å². The number of carbonyl (C=O) groups excluding carboxylic acids is 1. The molecule has 0 saturated heterocycles. The van der Waals surface area contributed by atoms with Crippen LogP contribution in [-0.2, 0) is 4.74 Å². The number of pyridine rings is 4. The second-order valence-electron chi connectivity index (χ2n) is 11.7. The predicted octanol–water partition coefficient (Wildman–Crippen LogP) is 10.6. The zero-order valence-corrected chi connectivity index (χ0v) is 28.3. The molecule has 4 heterocycles. The number of nitrogens with zero attached hydrogens (tertiary/aromatic N) is 5. The average molecular weight is 712 g/mol. The molecule has 0 unspecified atom stereocenters. The zero-order valence-electron chi connectivity index (χ0n) is 26.7. The zero-order chi connectivity index (χ0) is 35.6. The molecule has 49 heavy (non-hydrogen) atoms. The molecule has 0 spiro atoms. The maximum atomic E-state index is 14.2. The Labute approximate surface area is 288 Å². The molecule has 0 fully saturated rings. The van der Waals surface area contributed by atoms with Crippen molar-refractivity contribution in [3.63, 3.8) is 0 Å². The maximum Gasteiger partial charge on any atom is 0.421 e. The highest BCUT2D eigenvalue weighted by Crippen LogP contribution is 2.37. The maximum absolute atomic E-state index is 14.2. The normalized spacial score (nSPS) is 11.2. The minimum atomic E-state index is -0.830. The van der Waals surface area contributed by atoms with Gasteiger partial charge in [0.05, 0.1) is 31.9 Å². The van der Waals surface area contributed by atoms with Crippen LogP contribution in [0.2, 0.25) is 10.0 Å². The molecule has 14 heteroatoms. The van der Waals surface area contributed by atoms with Crippen molar-refractivity contribution in [3.05, 3.63) is 117 Å². The Morgan fingerprint density at radius 1 is 0.776 bits per heavy atom. The molecular weight excluding hydrogens is 683 g/mol. The fourth-order valence-corrected chi connectivity index (χ4v) is 5.24. The number of aromatic nitrogens is 4. The molecule has 252 valence electrons. The fraction of sp³-hybridized carbons (Fsp3) is 0.171. The number of fused-ring (bicyclic) bond motifs is 2. The van der Waals surface area contributed by atoms with Crippen molar-refractivity contribution in [2.45, 2.75) is 40.2 Å². The van der Waals surface area contributed by atoms with Gasteiger partial charge in [-0.05, 0) is 58.9 Å². The summed E-state index contributed by atoms with van der Waals surface area (Å²) in [6.07, 6.45) is 2.39. The first kappa shape index (κ1) is 35.2. The number of carbonyl (C=O) groups is 1. The lowest BCUT2D eigenvalue weighted by Crippen LogP contribution is -2.35. The van der Waals surface area contributed by atoms with Crippen LogP contribution in [0.25, 0.3) is 21.8 Å². The Morgan fingerprint density at radius 3 is 1.86 bits per heavy atom. The molecule has 0 radical (unpaired) electrons. The molecule has 0 saturated carbocycles. The highest BCUT2D eigenvalue weighted by molar-refractivity contribution is 6.37. The Bertz CT molecular complexity index is 2190. The number of anilines is 4. The lowest BCUT2D eigenvalue weighted by Gasteiger charge is -2.27. The van der Waals surface area contributed by atoms with Gasteiger partial charge in [-0.2, -0.15) is 0 Å². The summed E-state index contributed by atoms with van der Waals surface area (Å²) in [6.45, 7) is 8.47. The third-order valence-corrected chi connectivity index (χ3v) is 7.84. The van der Waals surface area contributed by atoms with Crippen LogP contribution >= 0.6 is 23.2 Å². The number of rotatable bonds is 4. The standard InChI is InChI=1S/C20H18ClF2N3O2.C15H10ClF2N3/c1-11-17(21)16-13(23)9-12(22)10-14(16)25-18(11)26(15-7-5-6-8-24-15)19(27)28-20(2,3)4;1-8-14(16)13-10(18)6-9(17)7-11(13)20-15(8)21-12-4-2-3-5-19-12/h5-10H,1-4H3;2-7H,1H3,(H,19,20,21). The number of halogens is 6. The topological polar surface area (TPSA) is 93.1 Å². The van der Waals surface area contributed by atoms with Gasteiger partial charge in [0.1, 0.15) is 52.1 Å². The Kier molecular flexibility index (Phi) is 10.2. The second-order valence-corrected chi connectivity index (χ2v) is 12.4. The van der Waals surface area contributed by atoms with E-state index in [1.165, 1.54) is 6.20 Å². The minimum absolute atomic E-state index is 0.0190. The van der Waals surface area contributed by atoms with Gasteiger partial charge in [-0.15, -0.1) is 0 Å². The molecule has 6 rings (SSSR count). The van der Waals surface area contributed by atoms with E-state index in [-0.39, 0.29) is 43.5 Å². The van der Waals surface area contributed by atoms with E-state index in [0.717, 1.165) is 29.2 Å². The molecule has 0 atom stereocenters. The van der Waals surface area contributed by atoms with Gasteiger partial charge in [0, 0.05) is 47.8 Å². The SMILES string of the molecule is Cc1c(N(C(=O)OC(C)(C)C)c2ccccn2)nc2cc(F)cc(F)c2c1Cl.Cc1c(Nc2ccccn2)nc2cc(F)cc(F)c2c1Cl. The number of amides is 1. The van der Waals surface area contributed by atoms with Crippen LogP contribution in [0.15, 0.2) is 73.1 Å². The van der Waals surface area contributed by atoms with E-state index >= 15 is 0 Å². The van der Waals surface area contributed by atoms with Crippen molar-refractivity contribution < 1.29 is 27.1 Å². The van der Waals surface area contributed by atoms with Crippen molar-refractivity contribution >= 4 is 74.4 Å². The van der Waals surface area contributed by atoms with Gasteiger partial charge in [-0.1, -0.05) is 35.3 Å². The van der Waals surface area contributed by atoms with E-state index < -0.39 is 35.0 Å². The summed E-state index contributed by atoms with van der Waals surface area (Å²) < 4.78 is 60.6. The van der Waals surface area contributed by atoms with E-state index in [1.807, 2.05) is 6.07 Å². The average Bonchev–Trinajstić information content (AvgIpc) is 3.02. The van der Waals surface area contributed by atoms with Crippen LogP contribution < -0.4 is 10.2 Å². The second kappa shape index (κ2) is 14.2. The third kappa shape index (κ3) is 7.82. The monoisotopic (exact) mass is 710 g/mol. The van der Waals surface area contributed by atoms with Gasteiger partial charge in [0.15, 0.2) is 0 Å². The van der Waals surface area contributed by atoms with E-state index in [0.29, 0.717) is 22.8 Å². The molecule has 0 aliphatic rings. The lowest BCUT2D eigenvalue weighted by atomic mass is 10.1. The van der Waals surface area contributed by atoms with Crippen molar-refractivity contribution in [1.82, 2.24) is 19.9 Å². The summed E-state index contributed by atoms with van der Waals surface area (Å²) in [4.78, 5) is 30.9. The van der Waals surface area contributed by atoms with Gasteiger partial charge in [0.2, 0.25) is 0 Å². The molecule has 1 amide bonds. The third-order valence-electron chi connectivity index (χ3n) is 6.89. The summed E-state index contributed by atoms with van der Waals surface area (Å²) in [5.74, 6) is -1.76. The van der Waals surface area contributed by atoms with Gasteiger partial charge >= 0.3 is 6.09 Å². The number of hydrogen-bond acceptors (Lipinski definition) is 7. The van der Waals surface area contributed by atoms with Crippen molar-refractivity contribution in [2.75, 3.05) is 10.2 Å². The van der Waals surface area contributed by atoms with Crippen LogP contribution in [0.3, 0.4) is 0 Å². The summed E-state index contributed by atoms with van der Waals surface area (Å²) in [5, 5.41) is 3.32. The molecule has 0 aliphatic heterocycles. The first-order valence-corrected chi connectivity index (χ1v) is 15.4. The molecule has 1 N–H and O–H groups in total. The predicted molar refractivity (Wildman–Crippen MR) is 183 cm³/mol. The number of hydrogen-bond donors (Lipinski definition) is 1. The highest BCUT2D eigenvalue weighted by Gasteiger charge is 2.30. The van der Waals surface area contributed by atoms with Crippen molar-refractivity contribution in [3.8, 4) is 0 Å². The summed E-state index contributed by atoms with van der Waals surface area (Å²) in [5.41, 5.74) is 0.252. The Hall–Kier alpha value is -5.07. The number of nitrogens with one attached hydrogen (secondary N) is 1.